The Hall–Kier alpha value is -3.91. The monoisotopic (exact) mass is 413 g/mol. The first-order valence-corrected chi connectivity index (χ1v) is 9.92. The summed E-state index contributed by atoms with van der Waals surface area (Å²) < 4.78 is 5.12. The molecule has 0 spiro atoms. The van der Waals surface area contributed by atoms with E-state index in [1.165, 1.54) is 5.56 Å². The van der Waals surface area contributed by atoms with Crippen molar-refractivity contribution in [2.24, 2.45) is 0 Å². The number of nitrogens with one attached hydrogen (secondary N) is 2. The molecule has 3 heterocycles. The highest BCUT2D eigenvalue weighted by Crippen LogP contribution is 2.19. The minimum absolute atomic E-state index is 0.490. The van der Waals surface area contributed by atoms with E-state index in [1.807, 2.05) is 37.3 Å². The van der Waals surface area contributed by atoms with Gasteiger partial charge in [-0.2, -0.15) is 4.98 Å². The summed E-state index contributed by atoms with van der Waals surface area (Å²) >= 11 is 0. The maximum Gasteiger partial charge on any atom is 0.229 e. The van der Waals surface area contributed by atoms with Crippen molar-refractivity contribution >= 4 is 23.3 Å². The van der Waals surface area contributed by atoms with E-state index in [2.05, 4.69) is 47.7 Å². The van der Waals surface area contributed by atoms with E-state index < -0.39 is 0 Å². The average molecular weight is 413 g/mol. The molecule has 2 N–H and O–H groups in total. The summed E-state index contributed by atoms with van der Waals surface area (Å²) in [7, 11) is 1.70. The van der Waals surface area contributed by atoms with Gasteiger partial charge in [0.1, 0.15) is 17.3 Å². The molecule has 8 heteroatoms. The van der Waals surface area contributed by atoms with Crippen LogP contribution in [0.5, 0.6) is 0 Å². The highest BCUT2D eigenvalue weighted by Gasteiger charge is 2.06. The fourth-order valence-electron chi connectivity index (χ4n) is 2.94. The molecule has 8 nitrogen and oxygen atoms in total. The number of aryl methyl sites for hydroxylation is 1. The fourth-order valence-corrected chi connectivity index (χ4v) is 2.94. The Balaban J connectivity index is 1.46. The molecule has 0 aliphatic heterocycles. The van der Waals surface area contributed by atoms with Crippen LogP contribution >= 0.6 is 0 Å². The molecule has 4 rings (SSSR count). The Labute approximate surface area is 180 Å². The predicted molar refractivity (Wildman–Crippen MR) is 121 cm³/mol. The van der Waals surface area contributed by atoms with Crippen molar-refractivity contribution < 1.29 is 4.74 Å². The van der Waals surface area contributed by atoms with Crippen molar-refractivity contribution in [3.63, 3.8) is 0 Å². The highest BCUT2D eigenvalue weighted by molar-refractivity contribution is 5.59. The summed E-state index contributed by atoms with van der Waals surface area (Å²) in [4.78, 5) is 22.2. The molecule has 0 bridgehead atoms. The summed E-state index contributed by atoms with van der Waals surface area (Å²) in [6.45, 7) is 2.64. The van der Waals surface area contributed by atoms with E-state index >= 15 is 0 Å². The number of anilines is 4. The van der Waals surface area contributed by atoms with Crippen LogP contribution in [0.15, 0.2) is 67.0 Å². The number of aromatic nitrogens is 5. The summed E-state index contributed by atoms with van der Waals surface area (Å²) in [5.74, 6) is 2.29. The SMILES string of the molecule is COCCc1ccc(Nc2nccc(Nc3ccnc(-c4cccc(C)n4)n3)n2)cc1. The van der Waals surface area contributed by atoms with Gasteiger partial charge in [0.05, 0.1) is 6.61 Å². The van der Waals surface area contributed by atoms with Crippen molar-refractivity contribution in [3.05, 3.63) is 78.2 Å². The number of nitrogens with zero attached hydrogens (tertiary/aromatic N) is 5. The summed E-state index contributed by atoms with van der Waals surface area (Å²) in [5.41, 5.74) is 3.76. The number of rotatable bonds is 8. The van der Waals surface area contributed by atoms with Crippen molar-refractivity contribution in [1.29, 1.82) is 0 Å². The number of ether oxygens (including phenoxy) is 1. The van der Waals surface area contributed by atoms with E-state index in [1.54, 1.807) is 31.6 Å². The van der Waals surface area contributed by atoms with Gasteiger partial charge in [0.15, 0.2) is 5.82 Å². The van der Waals surface area contributed by atoms with Crippen LogP contribution in [0.1, 0.15) is 11.3 Å². The molecule has 0 atom stereocenters. The number of methoxy groups -OCH3 is 1. The van der Waals surface area contributed by atoms with Crippen molar-refractivity contribution in [2.45, 2.75) is 13.3 Å². The van der Waals surface area contributed by atoms with Crippen LogP contribution in [0.25, 0.3) is 11.5 Å². The quantitative estimate of drug-likeness (QED) is 0.441. The highest BCUT2D eigenvalue weighted by atomic mass is 16.5. The molecule has 0 unspecified atom stereocenters. The molecular weight excluding hydrogens is 390 g/mol. The zero-order chi connectivity index (χ0) is 21.5. The first-order chi connectivity index (χ1) is 15.2. The second-order valence-electron chi connectivity index (χ2n) is 6.88. The lowest BCUT2D eigenvalue weighted by Gasteiger charge is -2.09. The van der Waals surface area contributed by atoms with Gasteiger partial charge in [-0.25, -0.2) is 19.9 Å². The van der Waals surface area contributed by atoms with Gasteiger partial charge in [-0.3, -0.25) is 0 Å². The normalized spacial score (nSPS) is 10.6. The lowest BCUT2D eigenvalue weighted by molar-refractivity contribution is 0.202. The molecule has 3 aromatic heterocycles. The van der Waals surface area contributed by atoms with Crippen LogP contribution in [0.2, 0.25) is 0 Å². The topological polar surface area (TPSA) is 97.7 Å². The zero-order valence-electron chi connectivity index (χ0n) is 17.4. The minimum atomic E-state index is 0.490. The molecule has 156 valence electrons. The second-order valence-corrected chi connectivity index (χ2v) is 6.88. The minimum Gasteiger partial charge on any atom is -0.384 e. The summed E-state index contributed by atoms with van der Waals surface area (Å²) in [6, 6.07) is 17.5. The van der Waals surface area contributed by atoms with Crippen LogP contribution in [0, 0.1) is 6.92 Å². The molecule has 31 heavy (non-hydrogen) atoms. The van der Waals surface area contributed by atoms with Crippen LogP contribution in [0.3, 0.4) is 0 Å². The molecule has 1 aromatic carbocycles. The number of hydrogen-bond acceptors (Lipinski definition) is 8. The van der Waals surface area contributed by atoms with Crippen molar-refractivity contribution in [1.82, 2.24) is 24.9 Å². The molecule has 0 aliphatic carbocycles. The van der Waals surface area contributed by atoms with E-state index in [-0.39, 0.29) is 0 Å². The second kappa shape index (κ2) is 9.73. The van der Waals surface area contributed by atoms with E-state index in [0.717, 1.165) is 23.5 Å². The lowest BCUT2D eigenvalue weighted by atomic mass is 10.1. The van der Waals surface area contributed by atoms with Crippen molar-refractivity contribution in [3.8, 4) is 11.5 Å². The third-order valence-electron chi connectivity index (χ3n) is 4.49. The van der Waals surface area contributed by atoms with Gasteiger partial charge < -0.3 is 15.4 Å². The third kappa shape index (κ3) is 5.58. The molecule has 0 radical (unpaired) electrons. The van der Waals surface area contributed by atoms with E-state index in [9.17, 15) is 0 Å². The Bertz CT molecular complexity index is 1150. The maximum absolute atomic E-state index is 5.12. The predicted octanol–water partition coefficient (Wildman–Crippen LogP) is 4.31. The molecular formula is C23H23N7O. The van der Waals surface area contributed by atoms with E-state index in [4.69, 9.17) is 4.74 Å². The molecule has 0 saturated carbocycles. The van der Waals surface area contributed by atoms with Gasteiger partial charge >= 0.3 is 0 Å². The first kappa shape index (κ1) is 20.4. The summed E-state index contributed by atoms with van der Waals surface area (Å²) in [6.07, 6.45) is 4.26. The zero-order valence-corrected chi connectivity index (χ0v) is 17.4. The van der Waals surface area contributed by atoms with Gasteiger partial charge in [0.2, 0.25) is 5.95 Å². The lowest BCUT2D eigenvalue weighted by Crippen LogP contribution is -2.02. The number of hydrogen-bond donors (Lipinski definition) is 2. The van der Waals surface area contributed by atoms with Gasteiger partial charge in [-0.05, 0) is 55.3 Å². The smallest absolute Gasteiger partial charge is 0.229 e. The maximum atomic E-state index is 5.12. The largest absolute Gasteiger partial charge is 0.384 e. The Kier molecular flexibility index (Phi) is 6.39. The molecule has 0 aliphatic rings. The van der Waals surface area contributed by atoms with Gasteiger partial charge in [0, 0.05) is 30.9 Å². The Morgan fingerprint density at radius 2 is 1.58 bits per heavy atom. The number of benzene rings is 1. The number of pyridine rings is 1. The fraction of sp³-hybridized carbons (Fsp3) is 0.174. The van der Waals surface area contributed by atoms with Crippen LogP contribution in [0.4, 0.5) is 23.3 Å². The van der Waals surface area contributed by atoms with Crippen LogP contribution < -0.4 is 10.6 Å². The van der Waals surface area contributed by atoms with Gasteiger partial charge in [-0.1, -0.05) is 18.2 Å². The standard InChI is InChI=1S/C23H23N7O/c1-16-4-3-5-19(26-16)22-24-13-10-20(29-22)28-21-11-14-25-23(30-21)27-18-8-6-17(7-9-18)12-15-31-2/h3-11,13-14H,12,15H2,1-2H3,(H2,24,25,27,28,29,30). The summed E-state index contributed by atoms with van der Waals surface area (Å²) in [5, 5.41) is 6.42. The Morgan fingerprint density at radius 1 is 0.806 bits per heavy atom. The van der Waals surface area contributed by atoms with Gasteiger partial charge in [0.25, 0.3) is 0 Å². The molecule has 4 aromatic rings. The molecule has 0 saturated heterocycles. The molecule has 0 fully saturated rings. The third-order valence-corrected chi connectivity index (χ3v) is 4.49. The van der Waals surface area contributed by atoms with Crippen LogP contribution in [-0.4, -0.2) is 38.6 Å². The van der Waals surface area contributed by atoms with E-state index in [0.29, 0.717) is 30.0 Å². The molecule has 0 amide bonds. The van der Waals surface area contributed by atoms with Gasteiger partial charge in [-0.15, -0.1) is 0 Å². The average Bonchev–Trinajstić information content (AvgIpc) is 2.79. The van der Waals surface area contributed by atoms with Crippen molar-refractivity contribution in [2.75, 3.05) is 24.4 Å². The van der Waals surface area contributed by atoms with Crippen LogP contribution in [-0.2, 0) is 11.2 Å². The first-order valence-electron chi connectivity index (χ1n) is 9.92. The Morgan fingerprint density at radius 3 is 2.35 bits per heavy atom.